The van der Waals surface area contributed by atoms with Crippen LogP contribution in [0.1, 0.15) is 23.7 Å². The van der Waals surface area contributed by atoms with Crippen molar-refractivity contribution >= 4 is 29.4 Å². The van der Waals surface area contributed by atoms with Crippen LogP contribution in [-0.2, 0) is 9.59 Å². The van der Waals surface area contributed by atoms with Crippen molar-refractivity contribution in [2.24, 2.45) is 11.7 Å². The van der Waals surface area contributed by atoms with E-state index in [2.05, 4.69) is 16.0 Å². The second-order valence-electron chi connectivity index (χ2n) is 5.05. The molecule has 2 atom stereocenters. The zero-order valence-electron chi connectivity index (χ0n) is 11.9. The van der Waals surface area contributed by atoms with Crippen molar-refractivity contribution in [3.05, 3.63) is 29.8 Å². The molecule has 116 valence electrons. The fourth-order valence-electron chi connectivity index (χ4n) is 2.17. The van der Waals surface area contributed by atoms with Gasteiger partial charge in [-0.05, 0) is 31.2 Å². The quantitative estimate of drug-likeness (QED) is 0.621. The number of primary amides is 1. The van der Waals surface area contributed by atoms with Gasteiger partial charge in [0.25, 0.3) is 0 Å². The molecule has 1 aromatic carbocycles. The zero-order valence-corrected chi connectivity index (χ0v) is 11.9. The summed E-state index contributed by atoms with van der Waals surface area (Å²) in [7, 11) is 0. The third-order valence-corrected chi connectivity index (χ3v) is 3.39. The lowest BCUT2D eigenvalue weighted by atomic mass is 9.94. The van der Waals surface area contributed by atoms with Crippen LogP contribution in [0.15, 0.2) is 24.3 Å². The lowest BCUT2D eigenvalue weighted by Gasteiger charge is -2.28. The minimum atomic E-state index is -0.636. The number of amides is 5. The first kappa shape index (κ1) is 15.5. The molecule has 22 heavy (non-hydrogen) atoms. The van der Waals surface area contributed by atoms with E-state index in [1.807, 2.05) is 0 Å². The summed E-state index contributed by atoms with van der Waals surface area (Å²) in [4.78, 5) is 45.8. The van der Waals surface area contributed by atoms with Crippen molar-refractivity contribution in [3.63, 3.8) is 0 Å². The number of nitrogens with one attached hydrogen (secondary N) is 3. The highest BCUT2D eigenvalue weighted by Crippen LogP contribution is 2.15. The van der Waals surface area contributed by atoms with Gasteiger partial charge in [-0.25, -0.2) is 4.79 Å². The summed E-state index contributed by atoms with van der Waals surface area (Å²) in [5.41, 5.74) is 5.95. The standard InChI is InChI=1S/C14H16N4O4/c1-7-10(13(21)18-14(22)16-7)6-11(19)17-9-4-2-8(3-5-9)12(15)20/h2-5,7,10H,6H2,1H3,(H2,15,20)(H,17,19)(H2,16,18,21,22). The van der Waals surface area contributed by atoms with Crippen LogP contribution < -0.4 is 21.7 Å². The number of rotatable bonds is 4. The summed E-state index contributed by atoms with van der Waals surface area (Å²) in [5.74, 6) is -2.03. The van der Waals surface area contributed by atoms with E-state index in [9.17, 15) is 19.2 Å². The molecule has 0 radical (unpaired) electrons. The van der Waals surface area contributed by atoms with E-state index < -0.39 is 29.8 Å². The smallest absolute Gasteiger partial charge is 0.321 e. The number of carbonyl (C=O) groups excluding carboxylic acids is 4. The maximum absolute atomic E-state index is 12.0. The Kier molecular flexibility index (Phi) is 4.40. The molecule has 1 aliphatic heterocycles. The number of anilines is 1. The number of nitrogens with two attached hydrogens (primary N) is 1. The lowest BCUT2D eigenvalue weighted by Crippen LogP contribution is -2.57. The van der Waals surface area contributed by atoms with E-state index in [1.54, 1.807) is 19.1 Å². The fraction of sp³-hybridized carbons (Fsp3) is 0.286. The molecule has 0 aromatic heterocycles. The minimum Gasteiger partial charge on any atom is -0.366 e. The topological polar surface area (TPSA) is 130 Å². The van der Waals surface area contributed by atoms with E-state index in [1.165, 1.54) is 12.1 Å². The van der Waals surface area contributed by atoms with Crippen LogP contribution in [0, 0.1) is 5.92 Å². The van der Waals surface area contributed by atoms with Crippen molar-refractivity contribution in [2.45, 2.75) is 19.4 Å². The molecule has 1 aromatic rings. The van der Waals surface area contributed by atoms with Crippen LogP contribution >= 0.6 is 0 Å². The Bertz CT molecular complexity index is 626. The summed E-state index contributed by atoms with van der Waals surface area (Å²) in [5, 5.41) is 7.30. The van der Waals surface area contributed by atoms with Gasteiger partial charge in [0.2, 0.25) is 17.7 Å². The van der Waals surface area contributed by atoms with Gasteiger partial charge < -0.3 is 16.4 Å². The van der Waals surface area contributed by atoms with Gasteiger partial charge in [-0.3, -0.25) is 19.7 Å². The molecule has 8 heteroatoms. The molecule has 1 fully saturated rings. The van der Waals surface area contributed by atoms with Gasteiger partial charge in [0.1, 0.15) is 0 Å². The van der Waals surface area contributed by atoms with Crippen LogP contribution in [0.3, 0.4) is 0 Å². The van der Waals surface area contributed by atoms with Gasteiger partial charge >= 0.3 is 6.03 Å². The third kappa shape index (κ3) is 3.60. The second kappa shape index (κ2) is 6.25. The Balaban J connectivity index is 1.96. The Labute approximate surface area is 126 Å². The van der Waals surface area contributed by atoms with E-state index >= 15 is 0 Å². The minimum absolute atomic E-state index is 0.0646. The number of benzene rings is 1. The SMILES string of the molecule is CC1NC(=O)NC(=O)C1CC(=O)Nc1ccc(C(N)=O)cc1. The van der Waals surface area contributed by atoms with Gasteiger partial charge in [-0.2, -0.15) is 0 Å². The van der Waals surface area contributed by atoms with Crippen LogP contribution in [0.25, 0.3) is 0 Å². The molecule has 0 spiro atoms. The summed E-state index contributed by atoms with van der Waals surface area (Å²) in [6.45, 7) is 1.66. The fourth-order valence-corrected chi connectivity index (χ4v) is 2.17. The average molecular weight is 304 g/mol. The third-order valence-electron chi connectivity index (χ3n) is 3.39. The van der Waals surface area contributed by atoms with E-state index in [0.29, 0.717) is 11.3 Å². The molecule has 2 rings (SSSR count). The molecule has 2 unspecified atom stereocenters. The highest BCUT2D eigenvalue weighted by Gasteiger charge is 2.34. The van der Waals surface area contributed by atoms with Gasteiger partial charge in [-0.15, -0.1) is 0 Å². The van der Waals surface area contributed by atoms with Crippen molar-refractivity contribution in [2.75, 3.05) is 5.32 Å². The lowest BCUT2D eigenvalue weighted by molar-refractivity contribution is -0.129. The first-order valence-electron chi connectivity index (χ1n) is 6.68. The molecular weight excluding hydrogens is 288 g/mol. The van der Waals surface area contributed by atoms with Gasteiger partial charge in [-0.1, -0.05) is 0 Å². The molecule has 5 amide bonds. The number of carbonyl (C=O) groups is 4. The Morgan fingerprint density at radius 3 is 2.41 bits per heavy atom. The molecule has 1 aliphatic rings. The van der Waals surface area contributed by atoms with Gasteiger partial charge in [0.05, 0.1) is 5.92 Å². The van der Waals surface area contributed by atoms with Crippen molar-refractivity contribution in [3.8, 4) is 0 Å². The van der Waals surface area contributed by atoms with E-state index in [-0.39, 0.29) is 12.3 Å². The first-order chi connectivity index (χ1) is 10.4. The molecule has 0 bridgehead atoms. The average Bonchev–Trinajstić information content (AvgIpc) is 2.43. The highest BCUT2D eigenvalue weighted by molar-refractivity contribution is 6.01. The normalized spacial score (nSPS) is 20.8. The second-order valence-corrected chi connectivity index (χ2v) is 5.05. The van der Waals surface area contributed by atoms with Crippen LogP contribution in [0.5, 0.6) is 0 Å². The number of hydrogen-bond donors (Lipinski definition) is 4. The van der Waals surface area contributed by atoms with Gasteiger partial charge in [0.15, 0.2) is 0 Å². The summed E-state index contributed by atoms with van der Waals surface area (Å²) < 4.78 is 0. The predicted octanol–water partition coefficient (Wildman–Crippen LogP) is -0.0418. The summed E-state index contributed by atoms with van der Waals surface area (Å²) in [6, 6.07) is 5.09. The van der Waals surface area contributed by atoms with Crippen LogP contribution in [0.4, 0.5) is 10.5 Å². The van der Waals surface area contributed by atoms with E-state index in [0.717, 1.165) is 0 Å². The predicted molar refractivity (Wildman–Crippen MR) is 77.8 cm³/mol. The first-order valence-corrected chi connectivity index (χ1v) is 6.68. The molecular formula is C14H16N4O4. The molecule has 8 nitrogen and oxygen atoms in total. The number of urea groups is 1. The molecule has 0 saturated carbocycles. The number of imide groups is 1. The summed E-state index contributed by atoms with van der Waals surface area (Å²) >= 11 is 0. The maximum Gasteiger partial charge on any atom is 0.321 e. The van der Waals surface area contributed by atoms with E-state index in [4.69, 9.17) is 5.73 Å². The number of hydrogen-bond acceptors (Lipinski definition) is 4. The van der Waals surface area contributed by atoms with Gasteiger partial charge in [0, 0.05) is 23.7 Å². The van der Waals surface area contributed by atoms with Crippen LogP contribution in [-0.4, -0.2) is 29.8 Å². The van der Waals surface area contributed by atoms with Crippen molar-refractivity contribution in [1.29, 1.82) is 0 Å². The molecule has 5 N–H and O–H groups in total. The van der Waals surface area contributed by atoms with Crippen molar-refractivity contribution in [1.82, 2.24) is 10.6 Å². The monoisotopic (exact) mass is 304 g/mol. The summed E-state index contributed by atoms with van der Waals surface area (Å²) in [6.07, 6.45) is -0.0646. The molecule has 0 aliphatic carbocycles. The molecule has 1 saturated heterocycles. The Morgan fingerprint density at radius 1 is 1.23 bits per heavy atom. The highest BCUT2D eigenvalue weighted by atomic mass is 16.2. The maximum atomic E-state index is 12.0. The largest absolute Gasteiger partial charge is 0.366 e. The van der Waals surface area contributed by atoms with Crippen molar-refractivity contribution < 1.29 is 19.2 Å². The Morgan fingerprint density at radius 2 is 1.86 bits per heavy atom. The Hall–Kier alpha value is -2.90. The molecule has 1 heterocycles. The zero-order chi connectivity index (χ0) is 16.3. The van der Waals surface area contributed by atoms with Crippen LogP contribution in [0.2, 0.25) is 0 Å².